The van der Waals surface area contributed by atoms with Gasteiger partial charge in [0.2, 0.25) is 6.29 Å². The molecule has 1 amide bonds. The molecule has 0 bridgehead atoms. The number of ether oxygens (including phenoxy) is 3. The molecule has 6 heteroatoms. The van der Waals surface area contributed by atoms with E-state index in [0.29, 0.717) is 26.2 Å². The van der Waals surface area contributed by atoms with Crippen molar-refractivity contribution in [3.05, 3.63) is 47.7 Å². The maximum absolute atomic E-state index is 12.5. The van der Waals surface area contributed by atoms with Gasteiger partial charge in [0.15, 0.2) is 5.76 Å². The van der Waals surface area contributed by atoms with Gasteiger partial charge >= 0.3 is 0 Å². The van der Waals surface area contributed by atoms with E-state index in [-0.39, 0.29) is 30.1 Å². The van der Waals surface area contributed by atoms with Crippen LogP contribution in [0, 0.1) is 5.92 Å². The minimum Gasteiger partial charge on any atom is -0.459 e. The van der Waals surface area contributed by atoms with E-state index in [9.17, 15) is 9.90 Å². The second kappa shape index (κ2) is 11.0. The highest BCUT2D eigenvalue weighted by Crippen LogP contribution is 2.39. The van der Waals surface area contributed by atoms with Crippen molar-refractivity contribution in [2.24, 2.45) is 5.92 Å². The number of hydrogen-bond acceptors (Lipinski definition) is 5. The smallest absolute Gasteiger partial charge is 0.286 e. The number of amides is 1. The van der Waals surface area contributed by atoms with Crippen LogP contribution in [0.15, 0.2) is 42.2 Å². The van der Waals surface area contributed by atoms with Crippen LogP contribution in [0.3, 0.4) is 0 Å². The lowest BCUT2D eigenvalue weighted by Crippen LogP contribution is -2.39. The normalized spacial score (nSPS) is 22.4. The summed E-state index contributed by atoms with van der Waals surface area (Å²) < 4.78 is 16.7. The van der Waals surface area contributed by atoms with Crippen molar-refractivity contribution in [3.8, 4) is 0 Å². The van der Waals surface area contributed by atoms with Crippen LogP contribution in [0.2, 0.25) is 0 Å². The highest BCUT2D eigenvalue weighted by molar-refractivity contribution is 5.91. The predicted octanol–water partition coefficient (Wildman–Crippen LogP) is 2.20. The van der Waals surface area contributed by atoms with E-state index in [4.69, 9.17) is 14.2 Å². The fourth-order valence-corrected chi connectivity index (χ4v) is 3.17. The van der Waals surface area contributed by atoms with Crippen molar-refractivity contribution < 1.29 is 24.1 Å². The van der Waals surface area contributed by atoms with Crippen LogP contribution in [-0.2, 0) is 19.0 Å². The fourth-order valence-electron chi connectivity index (χ4n) is 3.17. The lowest BCUT2D eigenvalue weighted by molar-refractivity contribution is -0.166. The number of nitrogens with one attached hydrogen (secondary N) is 1. The molecule has 0 fully saturated rings. The summed E-state index contributed by atoms with van der Waals surface area (Å²) in [5.41, 5.74) is 1.10. The van der Waals surface area contributed by atoms with Crippen LogP contribution in [0.4, 0.5) is 0 Å². The Bertz CT molecular complexity index is 575. The summed E-state index contributed by atoms with van der Waals surface area (Å²) >= 11 is 0. The summed E-state index contributed by atoms with van der Waals surface area (Å²) in [5.74, 6) is 0.0122. The van der Waals surface area contributed by atoms with E-state index in [0.717, 1.165) is 12.0 Å². The number of carbonyl (C=O) groups is 1. The zero-order valence-corrected chi connectivity index (χ0v) is 15.5. The van der Waals surface area contributed by atoms with Gasteiger partial charge in [-0.3, -0.25) is 4.79 Å². The Morgan fingerprint density at radius 1 is 1.31 bits per heavy atom. The second-order valence-electron chi connectivity index (χ2n) is 6.19. The first-order valence-corrected chi connectivity index (χ1v) is 9.14. The molecule has 144 valence electrons. The number of aliphatic hydroxyl groups excluding tert-OH is 1. The third kappa shape index (κ3) is 5.56. The van der Waals surface area contributed by atoms with Crippen LogP contribution in [-0.4, -0.2) is 50.8 Å². The third-order valence-corrected chi connectivity index (χ3v) is 4.41. The summed E-state index contributed by atoms with van der Waals surface area (Å²) in [6, 6.07) is 10.0. The lowest BCUT2D eigenvalue weighted by Gasteiger charge is -2.37. The minimum atomic E-state index is -0.523. The van der Waals surface area contributed by atoms with E-state index < -0.39 is 6.29 Å². The molecular weight excluding hydrogens is 334 g/mol. The summed E-state index contributed by atoms with van der Waals surface area (Å²) in [5, 5.41) is 12.1. The highest BCUT2D eigenvalue weighted by atomic mass is 16.7. The topological polar surface area (TPSA) is 77.0 Å². The highest BCUT2D eigenvalue weighted by Gasteiger charge is 2.37. The van der Waals surface area contributed by atoms with Gasteiger partial charge in [0, 0.05) is 38.7 Å². The molecule has 0 aliphatic carbocycles. The maximum Gasteiger partial charge on any atom is 0.286 e. The molecular formula is C20H29NO5. The Hall–Kier alpha value is -1.89. The SMILES string of the molecule is CCOC1OC(C(=O)NCCOC)=CC(c2ccccc2)C1CCCO. The molecule has 0 radical (unpaired) electrons. The van der Waals surface area contributed by atoms with E-state index in [1.807, 2.05) is 43.3 Å². The first-order chi connectivity index (χ1) is 12.7. The Morgan fingerprint density at radius 3 is 2.73 bits per heavy atom. The van der Waals surface area contributed by atoms with Gasteiger partial charge in [-0.15, -0.1) is 0 Å². The molecule has 1 aliphatic heterocycles. The number of carbonyl (C=O) groups excluding carboxylic acids is 1. The van der Waals surface area contributed by atoms with Crippen LogP contribution < -0.4 is 5.32 Å². The average Bonchev–Trinajstić information content (AvgIpc) is 2.67. The van der Waals surface area contributed by atoms with Crippen LogP contribution in [0.5, 0.6) is 0 Å². The van der Waals surface area contributed by atoms with Gasteiger partial charge in [-0.25, -0.2) is 0 Å². The molecule has 2 N–H and O–H groups in total. The first-order valence-electron chi connectivity index (χ1n) is 9.14. The first kappa shape index (κ1) is 20.4. The van der Waals surface area contributed by atoms with Crippen molar-refractivity contribution in [1.82, 2.24) is 5.32 Å². The summed E-state index contributed by atoms with van der Waals surface area (Å²) in [6.45, 7) is 3.36. The van der Waals surface area contributed by atoms with E-state index in [1.165, 1.54) is 0 Å². The molecule has 26 heavy (non-hydrogen) atoms. The molecule has 3 atom stereocenters. The quantitative estimate of drug-likeness (QED) is 0.623. The number of hydrogen-bond donors (Lipinski definition) is 2. The monoisotopic (exact) mass is 363 g/mol. The van der Waals surface area contributed by atoms with Gasteiger partial charge in [-0.05, 0) is 31.4 Å². The molecule has 2 rings (SSSR count). The van der Waals surface area contributed by atoms with Gasteiger partial charge < -0.3 is 24.6 Å². The molecule has 0 saturated heterocycles. The van der Waals surface area contributed by atoms with Gasteiger partial charge in [0.25, 0.3) is 5.91 Å². The van der Waals surface area contributed by atoms with Gasteiger partial charge in [-0.1, -0.05) is 30.3 Å². The molecule has 0 spiro atoms. The predicted molar refractivity (Wildman–Crippen MR) is 98.5 cm³/mol. The number of benzene rings is 1. The van der Waals surface area contributed by atoms with Gasteiger partial charge in [-0.2, -0.15) is 0 Å². The standard InChI is InChI=1S/C20H29NO5/c1-3-25-20-16(10-7-12-22)17(15-8-5-4-6-9-15)14-18(26-20)19(23)21-11-13-24-2/h4-6,8-9,14,16-17,20,22H,3,7,10-13H2,1-2H3,(H,21,23). The number of aliphatic hydroxyl groups is 1. The van der Waals surface area contributed by atoms with Crippen LogP contribution in [0.25, 0.3) is 0 Å². The van der Waals surface area contributed by atoms with Gasteiger partial charge in [0.05, 0.1) is 6.61 Å². The zero-order chi connectivity index (χ0) is 18.8. The van der Waals surface area contributed by atoms with Crippen molar-refractivity contribution in [2.75, 3.05) is 33.5 Å². The average molecular weight is 363 g/mol. The third-order valence-electron chi connectivity index (χ3n) is 4.41. The molecule has 3 unspecified atom stereocenters. The maximum atomic E-state index is 12.5. The molecule has 6 nitrogen and oxygen atoms in total. The second-order valence-corrected chi connectivity index (χ2v) is 6.19. The Labute approximate surface area is 155 Å². The Morgan fingerprint density at radius 2 is 2.08 bits per heavy atom. The Balaban J connectivity index is 2.28. The van der Waals surface area contributed by atoms with E-state index >= 15 is 0 Å². The molecule has 1 heterocycles. The molecule has 0 saturated carbocycles. The van der Waals surface area contributed by atoms with Crippen molar-refractivity contribution >= 4 is 5.91 Å². The Kier molecular flexibility index (Phi) is 8.61. The molecule has 1 aliphatic rings. The van der Waals surface area contributed by atoms with E-state index in [2.05, 4.69) is 5.32 Å². The number of rotatable bonds is 10. The number of methoxy groups -OCH3 is 1. The molecule has 0 aromatic heterocycles. The minimum absolute atomic E-state index is 0.0174. The summed E-state index contributed by atoms with van der Waals surface area (Å²) in [6.07, 6.45) is 2.75. The van der Waals surface area contributed by atoms with Crippen molar-refractivity contribution in [3.63, 3.8) is 0 Å². The van der Waals surface area contributed by atoms with Crippen LogP contribution in [0.1, 0.15) is 31.2 Å². The molecule has 1 aromatic carbocycles. The largest absolute Gasteiger partial charge is 0.459 e. The van der Waals surface area contributed by atoms with Crippen LogP contribution >= 0.6 is 0 Å². The summed E-state index contributed by atoms with van der Waals surface area (Å²) in [7, 11) is 1.59. The fraction of sp³-hybridized carbons (Fsp3) is 0.550. The zero-order valence-electron chi connectivity index (χ0n) is 15.5. The lowest BCUT2D eigenvalue weighted by atomic mass is 9.80. The van der Waals surface area contributed by atoms with Crippen molar-refractivity contribution in [2.45, 2.75) is 32.0 Å². The van der Waals surface area contributed by atoms with Crippen molar-refractivity contribution in [1.29, 1.82) is 0 Å². The summed E-state index contributed by atoms with van der Waals surface area (Å²) in [4.78, 5) is 12.5. The van der Waals surface area contributed by atoms with E-state index in [1.54, 1.807) is 7.11 Å². The molecule has 1 aromatic rings. The van der Waals surface area contributed by atoms with Gasteiger partial charge in [0.1, 0.15) is 0 Å². The number of allylic oxidation sites excluding steroid dienone is 1.